The molecule has 3 saturated carbocycles. The topological polar surface area (TPSA) is 28.7 Å². The Morgan fingerprint density at radius 2 is 1.84 bits per heavy atom. The lowest BCUT2D eigenvalue weighted by Gasteiger charge is -2.05. The maximum atomic E-state index is 4.94. The van der Waals surface area contributed by atoms with Crippen molar-refractivity contribution in [2.24, 2.45) is 23.7 Å². The van der Waals surface area contributed by atoms with Crippen molar-refractivity contribution in [3.63, 3.8) is 0 Å². The number of imidazole rings is 1. The van der Waals surface area contributed by atoms with E-state index in [1.807, 2.05) is 0 Å². The molecule has 1 N–H and O–H groups in total. The third-order valence-corrected chi connectivity index (χ3v) is 5.99. The molecule has 0 amide bonds. The van der Waals surface area contributed by atoms with Gasteiger partial charge in [-0.1, -0.05) is 6.07 Å². The van der Waals surface area contributed by atoms with Gasteiger partial charge in [0.1, 0.15) is 5.82 Å². The lowest BCUT2D eigenvalue weighted by atomic mass is 10.0. The molecule has 1 aromatic heterocycles. The summed E-state index contributed by atoms with van der Waals surface area (Å²) in [4.78, 5) is 8.56. The van der Waals surface area contributed by atoms with Gasteiger partial charge in [-0.05, 0) is 74.0 Å². The van der Waals surface area contributed by atoms with E-state index < -0.39 is 0 Å². The largest absolute Gasteiger partial charge is 0.342 e. The summed E-state index contributed by atoms with van der Waals surface area (Å²) in [5, 5.41) is 0. The Bertz CT molecular complexity index is 668. The van der Waals surface area contributed by atoms with Gasteiger partial charge in [0, 0.05) is 5.92 Å². The Morgan fingerprint density at radius 3 is 2.58 bits per heavy atom. The highest BCUT2D eigenvalue weighted by atomic mass is 15.0. The smallest absolute Gasteiger partial charge is 0.110 e. The molecule has 3 aliphatic carbocycles. The fourth-order valence-corrected chi connectivity index (χ4v) is 5.34. The number of rotatable bonds is 1. The first-order valence-electron chi connectivity index (χ1n) is 7.69. The van der Waals surface area contributed by atoms with E-state index in [0.717, 1.165) is 29.6 Å². The third-order valence-electron chi connectivity index (χ3n) is 5.99. The van der Waals surface area contributed by atoms with E-state index in [0.29, 0.717) is 0 Å². The summed E-state index contributed by atoms with van der Waals surface area (Å²) in [6.07, 6.45) is 4.49. The molecule has 2 nitrogen and oxygen atoms in total. The van der Waals surface area contributed by atoms with Crippen molar-refractivity contribution in [3.8, 4) is 0 Å². The van der Waals surface area contributed by atoms with E-state index in [2.05, 4.69) is 31.0 Å². The second kappa shape index (κ2) is 3.23. The standard InChI is InChI=1S/C17H20N2/c1-8-5-9(2)16-12(6-8)18-17(19-16)15-13-10-3-4-11(7-10)14(13)15/h5-6,10-11,13-15H,3-4,7H2,1-2H3,(H,18,19). The van der Waals surface area contributed by atoms with E-state index in [-0.39, 0.29) is 0 Å². The lowest BCUT2D eigenvalue weighted by Crippen LogP contribution is -1.98. The molecule has 0 aliphatic heterocycles. The molecule has 19 heavy (non-hydrogen) atoms. The molecule has 3 aliphatic rings. The SMILES string of the molecule is Cc1cc(C)c2nc(C3C4C5CCC(C5)C34)[nH]c2c1. The number of hydrogen-bond donors (Lipinski definition) is 1. The molecule has 2 aromatic rings. The average Bonchev–Trinajstić information content (AvgIpc) is 2.76. The summed E-state index contributed by atoms with van der Waals surface area (Å²) in [7, 11) is 0. The van der Waals surface area contributed by atoms with E-state index in [1.165, 1.54) is 47.2 Å². The predicted octanol–water partition coefficient (Wildman–Crippen LogP) is 3.94. The Hall–Kier alpha value is -1.31. The number of aromatic nitrogens is 2. The number of nitrogens with one attached hydrogen (secondary N) is 1. The number of hydrogen-bond acceptors (Lipinski definition) is 1. The molecule has 2 heteroatoms. The Morgan fingerprint density at radius 1 is 1.11 bits per heavy atom. The van der Waals surface area contributed by atoms with Crippen LogP contribution in [0, 0.1) is 37.5 Å². The number of aromatic amines is 1. The van der Waals surface area contributed by atoms with Crippen LogP contribution in [0.15, 0.2) is 12.1 Å². The van der Waals surface area contributed by atoms with Gasteiger partial charge in [0.2, 0.25) is 0 Å². The number of benzene rings is 1. The molecule has 0 radical (unpaired) electrons. The van der Waals surface area contributed by atoms with Gasteiger partial charge in [0.15, 0.2) is 0 Å². The molecular weight excluding hydrogens is 232 g/mol. The van der Waals surface area contributed by atoms with Gasteiger partial charge in [-0.15, -0.1) is 0 Å². The molecule has 2 bridgehead atoms. The first-order chi connectivity index (χ1) is 9.22. The third kappa shape index (κ3) is 1.25. The van der Waals surface area contributed by atoms with Crippen LogP contribution in [0.2, 0.25) is 0 Å². The minimum atomic E-state index is 0.762. The summed E-state index contributed by atoms with van der Waals surface area (Å²) in [6.45, 7) is 4.34. The molecule has 0 spiro atoms. The quantitative estimate of drug-likeness (QED) is 0.818. The summed E-state index contributed by atoms with van der Waals surface area (Å²) >= 11 is 0. The van der Waals surface area contributed by atoms with Crippen LogP contribution in [-0.2, 0) is 0 Å². The Labute approximate surface area is 113 Å². The molecule has 4 unspecified atom stereocenters. The van der Waals surface area contributed by atoms with E-state index in [9.17, 15) is 0 Å². The van der Waals surface area contributed by atoms with Crippen LogP contribution < -0.4 is 0 Å². The minimum absolute atomic E-state index is 0.762. The maximum absolute atomic E-state index is 4.94. The molecule has 1 heterocycles. The highest BCUT2D eigenvalue weighted by molar-refractivity contribution is 5.79. The van der Waals surface area contributed by atoms with Gasteiger partial charge in [0.05, 0.1) is 11.0 Å². The lowest BCUT2D eigenvalue weighted by molar-refractivity contribution is 0.456. The van der Waals surface area contributed by atoms with Crippen molar-refractivity contribution in [1.82, 2.24) is 9.97 Å². The molecule has 98 valence electrons. The molecular formula is C17H20N2. The van der Waals surface area contributed by atoms with Crippen LogP contribution in [0.25, 0.3) is 11.0 Å². The van der Waals surface area contributed by atoms with Crippen LogP contribution in [0.4, 0.5) is 0 Å². The Balaban J connectivity index is 1.59. The monoisotopic (exact) mass is 252 g/mol. The van der Waals surface area contributed by atoms with Crippen molar-refractivity contribution in [3.05, 3.63) is 29.1 Å². The summed E-state index contributed by atoms with van der Waals surface area (Å²) in [6, 6.07) is 4.48. The Kier molecular flexibility index (Phi) is 1.78. The zero-order chi connectivity index (χ0) is 12.7. The molecule has 4 atom stereocenters. The number of nitrogens with zero attached hydrogens (tertiary/aromatic N) is 1. The van der Waals surface area contributed by atoms with Gasteiger partial charge in [-0.2, -0.15) is 0 Å². The summed E-state index contributed by atoms with van der Waals surface area (Å²) in [5.74, 6) is 6.04. The van der Waals surface area contributed by atoms with Crippen LogP contribution in [0.5, 0.6) is 0 Å². The van der Waals surface area contributed by atoms with Crippen LogP contribution in [0.1, 0.15) is 42.1 Å². The first-order valence-corrected chi connectivity index (χ1v) is 7.69. The summed E-state index contributed by atoms with van der Waals surface area (Å²) < 4.78 is 0. The highest BCUT2D eigenvalue weighted by Crippen LogP contribution is 2.72. The molecule has 3 fully saturated rings. The van der Waals surface area contributed by atoms with Crippen molar-refractivity contribution in [1.29, 1.82) is 0 Å². The molecule has 0 saturated heterocycles. The maximum Gasteiger partial charge on any atom is 0.110 e. The van der Waals surface area contributed by atoms with Gasteiger partial charge in [0.25, 0.3) is 0 Å². The highest BCUT2D eigenvalue weighted by Gasteiger charge is 2.66. The fourth-order valence-electron chi connectivity index (χ4n) is 5.34. The minimum Gasteiger partial charge on any atom is -0.342 e. The van der Waals surface area contributed by atoms with E-state index in [1.54, 1.807) is 0 Å². The van der Waals surface area contributed by atoms with E-state index >= 15 is 0 Å². The zero-order valence-electron chi connectivity index (χ0n) is 11.6. The number of H-pyrrole nitrogens is 1. The number of fused-ring (bicyclic) bond motifs is 6. The second-order valence-corrected chi connectivity index (χ2v) is 7.11. The average molecular weight is 252 g/mol. The second-order valence-electron chi connectivity index (χ2n) is 7.11. The fraction of sp³-hybridized carbons (Fsp3) is 0.588. The normalized spacial score (nSPS) is 38.9. The van der Waals surface area contributed by atoms with Crippen LogP contribution >= 0.6 is 0 Å². The van der Waals surface area contributed by atoms with Gasteiger partial charge in [-0.3, -0.25) is 0 Å². The zero-order valence-corrected chi connectivity index (χ0v) is 11.6. The van der Waals surface area contributed by atoms with Crippen molar-refractivity contribution in [2.45, 2.75) is 39.0 Å². The number of aryl methyl sites for hydroxylation is 2. The summed E-state index contributed by atoms with van der Waals surface area (Å²) in [5.41, 5.74) is 5.07. The predicted molar refractivity (Wildman–Crippen MR) is 76.1 cm³/mol. The molecule has 5 rings (SSSR count). The van der Waals surface area contributed by atoms with Crippen LogP contribution in [0.3, 0.4) is 0 Å². The van der Waals surface area contributed by atoms with E-state index in [4.69, 9.17) is 4.98 Å². The van der Waals surface area contributed by atoms with Gasteiger partial charge in [-0.25, -0.2) is 4.98 Å². The first kappa shape index (κ1) is 10.5. The van der Waals surface area contributed by atoms with Crippen molar-refractivity contribution >= 4 is 11.0 Å². The van der Waals surface area contributed by atoms with Crippen molar-refractivity contribution < 1.29 is 0 Å². The van der Waals surface area contributed by atoms with Crippen LogP contribution in [-0.4, -0.2) is 9.97 Å². The molecule has 1 aromatic carbocycles. The van der Waals surface area contributed by atoms with Crippen molar-refractivity contribution in [2.75, 3.05) is 0 Å². The van der Waals surface area contributed by atoms with Gasteiger partial charge < -0.3 is 4.98 Å². The van der Waals surface area contributed by atoms with Gasteiger partial charge >= 0.3 is 0 Å².